The number of nitrogens with zero attached hydrogens (tertiary/aromatic N) is 3. The first-order valence-corrected chi connectivity index (χ1v) is 7.27. The van der Waals surface area contributed by atoms with Crippen molar-refractivity contribution >= 4 is 0 Å². The van der Waals surface area contributed by atoms with Crippen LogP contribution in [0.4, 0.5) is 0 Å². The minimum absolute atomic E-state index is 0.114. The number of aromatic amines is 1. The summed E-state index contributed by atoms with van der Waals surface area (Å²) in [7, 11) is 1.69. The van der Waals surface area contributed by atoms with Crippen LogP contribution in [0.3, 0.4) is 0 Å². The second-order valence-corrected chi connectivity index (χ2v) is 5.43. The van der Waals surface area contributed by atoms with Crippen LogP contribution in [-0.2, 0) is 4.74 Å². The zero-order valence-corrected chi connectivity index (χ0v) is 12.0. The molecule has 3 rings (SSSR count). The van der Waals surface area contributed by atoms with Crippen molar-refractivity contribution in [2.24, 2.45) is 5.92 Å². The zero-order chi connectivity index (χ0) is 14.7. The molecular formula is C15H18N4O2. The van der Waals surface area contributed by atoms with Crippen molar-refractivity contribution < 1.29 is 9.26 Å². The summed E-state index contributed by atoms with van der Waals surface area (Å²) in [5.41, 5.74) is 1.20. The molecule has 6 heteroatoms. The Bertz CT molecular complexity index is 634. The van der Waals surface area contributed by atoms with Gasteiger partial charge in [-0.25, -0.2) is 0 Å². The molecule has 0 aromatic carbocycles. The molecule has 6 nitrogen and oxygen atoms in total. The van der Waals surface area contributed by atoms with E-state index in [4.69, 9.17) is 14.5 Å². The van der Waals surface area contributed by atoms with E-state index < -0.39 is 0 Å². The maximum Gasteiger partial charge on any atom is 0.259 e. The summed E-state index contributed by atoms with van der Waals surface area (Å²) in [6.45, 7) is 0. The fourth-order valence-electron chi connectivity index (χ4n) is 3.00. The lowest BCUT2D eigenvalue weighted by molar-refractivity contribution is 0.0274. The van der Waals surface area contributed by atoms with Gasteiger partial charge >= 0.3 is 0 Å². The van der Waals surface area contributed by atoms with Gasteiger partial charge in [-0.1, -0.05) is 24.4 Å². The molecule has 2 aromatic heterocycles. The summed E-state index contributed by atoms with van der Waals surface area (Å²) in [6.07, 6.45) is 7.63. The number of rotatable bonds is 4. The van der Waals surface area contributed by atoms with Gasteiger partial charge in [0.1, 0.15) is 17.9 Å². The molecule has 21 heavy (non-hydrogen) atoms. The van der Waals surface area contributed by atoms with Crippen LogP contribution < -0.4 is 0 Å². The van der Waals surface area contributed by atoms with Crippen molar-refractivity contribution in [1.82, 2.24) is 15.1 Å². The van der Waals surface area contributed by atoms with Crippen LogP contribution in [0.1, 0.15) is 49.7 Å². The second-order valence-electron chi connectivity index (χ2n) is 5.43. The number of methoxy groups -OCH3 is 1. The molecule has 0 amide bonds. The van der Waals surface area contributed by atoms with E-state index in [1.165, 1.54) is 19.3 Å². The number of nitrogens with one attached hydrogen (secondary N) is 1. The summed E-state index contributed by atoms with van der Waals surface area (Å²) >= 11 is 0. The summed E-state index contributed by atoms with van der Waals surface area (Å²) in [4.78, 5) is 7.29. The van der Waals surface area contributed by atoms with Gasteiger partial charge in [0.15, 0.2) is 0 Å². The maximum absolute atomic E-state index is 8.83. The van der Waals surface area contributed by atoms with Gasteiger partial charge in [-0.15, -0.1) is 0 Å². The van der Waals surface area contributed by atoms with E-state index in [0.29, 0.717) is 23.3 Å². The highest BCUT2D eigenvalue weighted by Crippen LogP contribution is 2.35. The normalized spacial score (nSPS) is 17.5. The molecule has 2 heterocycles. The van der Waals surface area contributed by atoms with Crippen LogP contribution in [0.15, 0.2) is 16.8 Å². The maximum atomic E-state index is 8.83. The Hall–Kier alpha value is -2.13. The summed E-state index contributed by atoms with van der Waals surface area (Å²) in [5, 5.41) is 12.9. The van der Waals surface area contributed by atoms with Crippen molar-refractivity contribution in [2.45, 2.75) is 38.2 Å². The molecule has 1 aliphatic rings. The molecule has 1 atom stereocenters. The van der Waals surface area contributed by atoms with Gasteiger partial charge < -0.3 is 14.2 Å². The summed E-state index contributed by atoms with van der Waals surface area (Å²) in [6, 6.07) is 3.73. The fourth-order valence-corrected chi connectivity index (χ4v) is 3.00. The first kappa shape index (κ1) is 13.8. The van der Waals surface area contributed by atoms with Gasteiger partial charge in [0.25, 0.3) is 5.89 Å². The molecule has 0 aliphatic heterocycles. The van der Waals surface area contributed by atoms with E-state index in [1.54, 1.807) is 19.4 Å². The van der Waals surface area contributed by atoms with Crippen LogP contribution >= 0.6 is 0 Å². The highest BCUT2D eigenvalue weighted by atomic mass is 16.5. The third-order valence-corrected chi connectivity index (χ3v) is 4.08. The van der Waals surface area contributed by atoms with E-state index in [2.05, 4.69) is 15.1 Å². The van der Waals surface area contributed by atoms with Crippen molar-refractivity contribution in [3.8, 4) is 17.5 Å². The second kappa shape index (κ2) is 6.10. The molecule has 0 saturated heterocycles. The van der Waals surface area contributed by atoms with Crippen LogP contribution in [0.2, 0.25) is 0 Å². The number of hydrogen-bond donors (Lipinski definition) is 1. The largest absolute Gasteiger partial charge is 0.373 e. The zero-order valence-electron chi connectivity index (χ0n) is 12.0. The smallest absolute Gasteiger partial charge is 0.259 e. The Morgan fingerprint density at radius 3 is 2.90 bits per heavy atom. The summed E-state index contributed by atoms with van der Waals surface area (Å²) in [5.74, 6) is 1.47. The Morgan fingerprint density at radius 1 is 1.43 bits per heavy atom. The molecule has 1 fully saturated rings. The fraction of sp³-hybridized carbons (Fsp3) is 0.533. The lowest BCUT2D eigenvalue weighted by Crippen LogP contribution is -2.19. The van der Waals surface area contributed by atoms with Gasteiger partial charge in [0, 0.05) is 13.3 Å². The number of nitriles is 1. The van der Waals surface area contributed by atoms with Crippen molar-refractivity contribution in [3.63, 3.8) is 0 Å². The van der Waals surface area contributed by atoms with Crippen LogP contribution in [-0.4, -0.2) is 22.2 Å². The first-order valence-electron chi connectivity index (χ1n) is 7.27. The van der Waals surface area contributed by atoms with Gasteiger partial charge in [-0.2, -0.15) is 10.2 Å². The SMILES string of the molecule is COC(c1noc(-c2c[nH]c(C#N)c2)n1)C1CCCCC1. The number of hydrogen-bond acceptors (Lipinski definition) is 5. The third-order valence-electron chi connectivity index (χ3n) is 4.08. The Kier molecular flexibility index (Phi) is 4.02. The van der Waals surface area contributed by atoms with Crippen LogP contribution in [0, 0.1) is 17.2 Å². The van der Waals surface area contributed by atoms with E-state index in [9.17, 15) is 0 Å². The van der Waals surface area contributed by atoms with E-state index in [-0.39, 0.29) is 6.10 Å². The molecule has 2 aromatic rings. The lowest BCUT2D eigenvalue weighted by Gasteiger charge is -2.26. The van der Waals surface area contributed by atoms with E-state index in [1.807, 2.05) is 6.07 Å². The van der Waals surface area contributed by atoms with Gasteiger partial charge in [0.2, 0.25) is 5.82 Å². The van der Waals surface area contributed by atoms with Crippen molar-refractivity contribution in [1.29, 1.82) is 5.26 Å². The number of ether oxygens (including phenoxy) is 1. The first-order chi connectivity index (χ1) is 10.3. The quantitative estimate of drug-likeness (QED) is 0.932. The standard InChI is InChI=1S/C15H18N4O2/c1-20-13(10-5-3-2-4-6-10)14-18-15(21-19-14)11-7-12(8-16)17-9-11/h7,9-10,13,17H,2-6H2,1H3. The van der Waals surface area contributed by atoms with Gasteiger partial charge in [0.05, 0.1) is 5.56 Å². The Morgan fingerprint density at radius 2 is 2.24 bits per heavy atom. The molecule has 110 valence electrons. The molecule has 1 unspecified atom stereocenters. The average Bonchev–Trinajstić information content (AvgIpc) is 3.18. The molecule has 1 aliphatic carbocycles. The molecule has 0 bridgehead atoms. The van der Waals surface area contributed by atoms with Gasteiger partial charge in [-0.3, -0.25) is 0 Å². The highest BCUT2D eigenvalue weighted by Gasteiger charge is 2.29. The minimum Gasteiger partial charge on any atom is -0.373 e. The minimum atomic E-state index is -0.114. The lowest BCUT2D eigenvalue weighted by atomic mass is 9.85. The highest BCUT2D eigenvalue weighted by molar-refractivity contribution is 5.54. The van der Waals surface area contributed by atoms with E-state index in [0.717, 1.165) is 18.4 Å². The van der Waals surface area contributed by atoms with E-state index >= 15 is 0 Å². The predicted molar refractivity (Wildman–Crippen MR) is 75.1 cm³/mol. The molecule has 1 saturated carbocycles. The van der Waals surface area contributed by atoms with Crippen molar-refractivity contribution in [3.05, 3.63) is 23.8 Å². The van der Waals surface area contributed by atoms with Gasteiger partial charge in [-0.05, 0) is 24.8 Å². The third kappa shape index (κ3) is 2.83. The molecule has 0 radical (unpaired) electrons. The van der Waals surface area contributed by atoms with Crippen LogP contribution in [0.25, 0.3) is 11.5 Å². The van der Waals surface area contributed by atoms with Crippen LogP contribution in [0.5, 0.6) is 0 Å². The Balaban J connectivity index is 1.80. The predicted octanol–water partition coefficient (Wildman–Crippen LogP) is 3.20. The number of aromatic nitrogens is 3. The molecular weight excluding hydrogens is 268 g/mol. The van der Waals surface area contributed by atoms with Crippen molar-refractivity contribution in [2.75, 3.05) is 7.11 Å². The number of H-pyrrole nitrogens is 1. The summed E-state index contributed by atoms with van der Waals surface area (Å²) < 4.78 is 10.9. The molecule has 0 spiro atoms. The average molecular weight is 286 g/mol. The monoisotopic (exact) mass is 286 g/mol. The topological polar surface area (TPSA) is 87.7 Å². The molecule has 1 N–H and O–H groups in total. The Labute approximate surface area is 123 Å².